The molecule has 1 amide bonds. The molecular formula is C14H15N3O3. The monoisotopic (exact) mass is 273 g/mol. The van der Waals surface area contributed by atoms with Gasteiger partial charge in [0.25, 0.3) is 11.5 Å². The lowest BCUT2D eigenvalue weighted by molar-refractivity contribution is 0.0729. The largest absolute Gasteiger partial charge is 0.361 e. The van der Waals surface area contributed by atoms with Gasteiger partial charge in [-0.3, -0.25) is 9.59 Å². The molecule has 3 rings (SSSR count). The van der Waals surface area contributed by atoms with Gasteiger partial charge in [-0.2, -0.15) is 0 Å². The van der Waals surface area contributed by atoms with Crippen LogP contribution in [0.1, 0.15) is 40.7 Å². The fourth-order valence-corrected chi connectivity index (χ4v) is 2.60. The predicted molar refractivity (Wildman–Crippen MR) is 71.3 cm³/mol. The molecule has 1 fully saturated rings. The number of H-pyrrole nitrogens is 1. The molecule has 0 spiro atoms. The molecule has 0 bridgehead atoms. The molecule has 6 nitrogen and oxygen atoms in total. The average molecular weight is 273 g/mol. The minimum Gasteiger partial charge on any atom is -0.361 e. The summed E-state index contributed by atoms with van der Waals surface area (Å²) in [5.41, 5.74) is 0.555. The van der Waals surface area contributed by atoms with E-state index in [4.69, 9.17) is 4.52 Å². The molecule has 0 aromatic carbocycles. The Bertz CT molecular complexity index is 689. The molecule has 2 aromatic rings. The van der Waals surface area contributed by atoms with Gasteiger partial charge in [-0.15, -0.1) is 0 Å². The van der Waals surface area contributed by atoms with Crippen LogP contribution in [-0.4, -0.2) is 27.5 Å². The van der Waals surface area contributed by atoms with Gasteiger partial charge in [0.2, 0.25) is 0 Å². The van der Waals surface area contributed by atoms with Crippen molar-refractivity contribution in [2.75, 3.05) is 6.54 Å². The van der Waals surface area contributed by atoms with E-state index in [2.05, 4.69) is 10.1 Å². The summed E-state index contributed by atoms with van der Waals surface area (Å²) < 4.78 is 5.08. The minimum absolute atomic E-state index is 0.112. The maximum Gasteiger partial charge on any atom is 0.260 e. The van der Waals surface area contributed by atoms with E-state index in [1.807, 2.05) is 13.0 Å². The number of aromatic nitrogens is 2. The van der Waals surface area contributed by atoms with Crippen LogP contribution in [0.5, 0.6) is 0 Å². The van der Waals surface area contributed by atoms with Gasteiger partial charge in [0.1, 0.15) is 17.0 Å². The van der Waals surface area contributed by atoms with Crippen LogP contribution in [0.4, 0.5) is 0 Å². The van der Waals surface area contributed by atoms with E-state index in [0.29, 0.717) is 6.54 Å². The lowest BCUT2D eigenvalue weighted by Gasteiger charge is -2.22. The molecule has 0 unspecified atom stereocenters. The summed E-state index contributed by atoms with van der Waals surface area (Å²) in [6.07, 6.45) is 3.25. The SMILES string of the molecule is Cc1cc([C@H]2CCCN2C(=O)c2ccc[nH]c2=O)no1. The summed E-state index contributed by atoms with van der Waals surface area (Å²) in [6.45, 7) is 2.45. The second kappa shape index (κ2) is 4.96. The molecule has 0 saturated carbocycles. The summed E-state index contributed by atoms with van der Waals surface area (Å²) >= 11 is 0. The third-order valence-corrected chi connectivity index (χ3v) is 3.55. The topological polar surface area (TPSA) is 79.2 Å². The first-order valence-electron chi connectivity index (χ1n) is 6.58. The number of pyridine rings is 1. The van der Waals surface area contributed by atoms with Crippen LogP contribution in [0.3, 0.4) is 0 Å². The molecule has 2 aromatic heterocycles. The Morgan fingerprint density at radius 1 is 1.55 bits per heavy atom. The maximum atomic E-state index is 12.5. The van der Waals surface area contributed by atoms with Crippen molar-refractivity contribution >= 4 is 5.91 Å². The van der Waals surface area contributed by atoms with Gasteiger partial charge in [-0.1, -0.05) is 5.16 Å². The van der Waals surface area contributed by atoms with Crippen LogP contribution >= 0.6 is 0 Å². The maximum absolute atomic E-state index is 12.5. The highest BCUT2D eigenvalue weighted by molar-refractivity contribution is 5.94. The van der Waals surface area contributed by atoms with Crippen LogP contribution in [0.2, 0.25) is 0 Å². The highest BCUT2D eigenvalue weighted by Crippen LogP contribution is 2.32. The quantitative estimate of drug-likeness (QED) is 0.902. The number of aryl methyl sites for hydroxylation is 1. The molecule has 1 saturated heterocycles. The highest BCUT2D eigenvalue weighted by atomic mass is 16.5. The fourth-order valence-electron chi connectivity index (χ4n) is 2.60. The number of hydrogen-bond acceptors (Lipinski definition) is 4. The molecule has 1 aliphatic heterocycles. The lowest BCUT2D eigenvalue weighted by Crippen LogP contribution is -2.34. The Hall–Kier alpha value is -2.37. The Morgan fingerprint density at radius 3 is 3.10 bits per heavy atom. The van der Waals surface area contributed by atoms with Crippen molar-refractivity contribution in [2.24, 2.45) is 0 Å². The molecule has 1 N–H and O–H groups in total. The number of carbonyl (C=O) groups is 1. The number of rotatable bonds is 2. The number of aromatic amines is 1. The average Bonchev–Trinajstić information content (AvgIpc) is 3.06. The molecule has 1 aliphatic rings. The van der Waals surface area contributed by atoms with Crippen molar-refractivity contribution in [2.45, 2.75) is 25.8 Å². The molecule has 104 valence electrons. The number of likely N-dealkylation sites (tertiary alicyclic amines) is 1. The van der Waals surface area contributed by atoms with E-state index in [1.54, 1.807) is 17.0 Å². The van der Waals surface area contributed by atoms with Gasteiger partial charge >= 0.3 is 0 Å². The van der Waals surface area contributed by atoms with Gasteiger partial charge in [0.15, 0.2) is 0 Å². The Balaban J connectivity index is 1.91. The highest BCUT2D eigenvalue weighted by Gasteiger charge is 2.33. The van der Waals surface area contributed by atoms with Crippen LogP contribution in [-0.2, 0) is 0 Å². The van der Waals surface area contributed by atoms with Crippen molar-refractivity contribution in [3.8, 4) is 0 Å². The zero-order valence-corrected chi connectivity index (χ0v) is 11.1. The first-order chi connectivity index (χ1) is 9.66. The Labute approximate surface area is 115 Å². The summed E-state index contributed by atoms with van der Waals surface area (Å²) in [5.74, 6) is 0.465. The van der Waals surface area contributed by atoms with Crippen LogP contribution in [0, 0.1) is 6.92 Å². The zero-order chi connectivity index (χ0) is 14.1. The van der Waals surface area contributed by atoms with E-state index in [-0.39, 0.29) is 23.1 Å². The normalized spacial score (nSPS) is 18.4. The van der Waals surface area contributed by atoms with Crippen molar-refractivity contribution in [1.29, 1.82) is 0 Å². The molecule has 0 radical (unpaired) electrons. The summed E-state index contributed by atoms with van der Waals surface area (Å²) in [6, 6.07) is 4.93. The summed E-state index contributed by atoms with van der Waals surface area (Å²) in [7, 11) is 0. The third kappa shape index (κ3) is 2.13. The van der Waals surface area contributed by atoms with Crippen LogP contribution in [0.15, 0.2) is 33.7 Å². The van der Waals surface area contributed by atoms with Crippen molar-refractivity contribution in [3.63, 3.8) is 0 Å². The van der Waals surface area contributed by atoms with E-state index >= 15 is 0 Å². The second-order valence-electron chi connectivity index (χ2n) is 4.93. The number of hydrogen-bond donors (Lipinski definition) is 1. The minimum atomic E-state index is -0.362. The van der Waals surface area contributed by atoms with Gasteiger partial charge in [-0.05, 0) is 31.9 Å². The van der Waals surface area contributed by atoms with Crippen molar-refractivity contribution < 1.29 is 9.32 Å². The summed E-state index contributed by atoms with van der Waals surface area (Å²) in [5, 5.41) is 3.99. The van der Waals surface area contributed by atoms with E-state index in [0.717, 1.165) is 24.3 Å². The van der Waals surface area contributed by atoms with E-state index in [1.165, 1.54) is 6.20 Å². The lowest BCUT2D eigenvalue weighted by atomic mass is 10.1. The van der Waals surface area contributed by atoms with Gasteiger partial charge in [0.05, 0.1) is 6.04 Å². The Kier molecular flexibility index (Phi) is 3.14. The van der Waals surface area contributed by atoms with Crippen LogP contribution < -0.4 is 5.56 Å². The third-order valence-electron chi connectivity index (χ3n) is 3.55. The first kappa shape index (κ1) is 12.7. The van der Waals surface area contributed by atoms with Gasteiger partial charge in [0, 0.05) is 18.8 Å². The predicted octanol–water partition coefficient (Wildman–Crippen LogP) is 1.65. The first-order valence-corrected chi connectivity index (χ1v) is 6.58. The molecule has 6 heteroatoms. The van der Waals surface area contributed by atoms with E-state index in [9.17, 15) is 9.59 Å². The molecular weight excluding hydrogens is 258 g/mol. The standard InChI is InChI=1S/C14H15N3O3/c1-9-8-11(16-20-9)12-5-3-7-17(12)14(19)10-4-2-6-15-13(10)18/h2,4,6,8,12H,3,5,7H2,1H3,(H,15,18)/t12-/m1/s1. The number of amides is 1. The van der Waals surface area contributed by atoms with E-state index < -0.39 is 0 Å². The van der Waals surface area contributed by atoms with Gasteiger partial charge < -0.3 is 14.4 Å². The van der Waals surface area contributed by atoms with Crippen molar-refractivity contribution in [3.05, 3.63) is 51.8 Å². The number of nitrogens with zero attached hydrogens (tertiary/aromatic N) is 2. The number of carbonyl (C=O) groups excluding carboxylic acids is 1. The molecule has 20 heavy (non-hydrogen) atoms. The van der Waals surface area contributed by atoms with Gasteiger partial charge in [-0.25, -0.2) is 0 Å². The smallest absolute Gasteiger partial charge is 0.260 e. The molecule has 3 heterocycles. The second-order valence-corrected chi connectivity index (χ2v) is 4.93. The number of nitrogens with one attached hydrogen (secondary N) is 1. The molecule has 1 atom stereocenters. The fraction of sp³-hybridized carbons (Fsp3) is 0.357. The Morgan fingerprint density at radius 2 is 2.40 bits per heavy atom. The van der Waals surface area contributed by atoms with Crippen molar-refractivity contribution in [1.82, 2.24) is 15.0 Å². The molecule has 0 aliphatic carbocycles. The zero-order valence-electron chi connectivity index (χ0n) is 11.1. The summed E-state index contributed by atoms with van der Waals surface area (Å²) in [4.78, 5) is 28.5. The van der Waals surface area contributed by atoms with Crippen LogP contribution in [0.25, 0.3) is 0 Å².